The van der Waals surface area contributed by atoms with Crippen LogP contribution in [0, 0.1) is 13.8 Å². The topological polar surface area (TPSA) is 55.4 Å². The standard InChI is InChI=1S/C23H22BrNO3S/c1-14-4-6-16(7-5-14)8-13-19(26)25-22-21(23(27)28-3)20(15(2)29-22)17-9-11-18(24)12-10-17/h4-7,9-12H,8,13H2,1-3H3,(H,25,26). The lowest BCUT2D eigenvalue weighted by Gasteiger charge is -2.08. The number of anilines is 1. The fraction of sp³-hybridized carbons (Fsp3) is 0.217. The normalized spacial score (nSPS) is 10.6. The Morgan fingerprint density at radius 3 is 2.31 bits per heavy atom. The van der Waals surface area contributed by atoms with Gasteiger partial charge in [-0.3, -0.25) is 4.79 Å². The summed E-state index contributed by atoms with van der Waals surface area (Å²) in [5, 5.41) is 3.45. The fourth-order valence-electron chi connectivity index (χ4n) is 3.10. The molecule has 150 valence electrons. The first-order chi connectivity index (χ1) is 13.9. The summed E-state index contributed by atoms with van der Waals surface area (Å²) < 4.78 is 5.96. The average Bonchev–Trinajstić information content (AvgIpc) is 3.03. The smallest absolute Gasteiger partial charge is 0.341 e. The van der Waals surface area contributed by atoms with Gasteiger partial charge in [0.2, 0.25) is 5.91 Å². The first kappa shape index (κ1) is 21.3. The average molecular weight is 472 g/mol. The number of carbonyl (C=O) groups excluding carboxylic acids is 2. The summed E-state index contributed by atoms with van der Waals surface area (Å²) in [7, 11) is 1.35. The Kier molecular flexibility index (Phi) is 6.87. The van der Waals surface area contributed by atoms with E-state index in [1.54, 1.807) is 0 Å². The van der Waals surface area contributed by atoms with Crippen molar-refractivity contribution in [2.24, 2.45) is 0 Å². The van der Waals surface area contributed by atoms with E-state index in [4.69, 9.17) is 4.74 Å². The maximum absolute atomic E-state index is 12.6. The maximum Gasteiger partial charge on any atom is 0.341 e. The van der Waals surface area contributed by atoms with Gasteiger partial charge in [0.1, 0.15) is 10.6 Å². The Bertz CT molecular complexity index is 1020. The third-order valence-electron chi connectivity index (χ3n) is 4.62. The Balaban J connectivity index is 1.83. The maximum atomic E-state index is 12.6. The van der Waals surface area contributed by atoms with Crippen LogP contribution in [0.4, 0.5) is 5.00 Å². The number of hydrogen-bond acceptors (Lipinski definition) is 4. The number of benzene rings is 2. The van der Waals surface area contributed by atoms with Gasteiger partial charge in [-0.15, -0.1) is 11.3 Å². The zero-order valence-corrected chi connectivity index (χ0v) is 18.9. The molecule has 0 aliphatic carbocycles. The molecule has 0 radical (unpaired) electrons. The van der Waals surface area contributed by atoms with E-state index in [2.05, 4.69) is 21.2 Å². The van der Waals surface area contributed by atoms with Gasteiger partial charge in [-0.25, -0.2) is 4.79 Å². The van der Waals surface area contributed by atoms with E-state index in [-0.39, 0.29) is 5.91 Å². The molecule has 0 aliphatic heterocycles. The molecule has 0 spiro atoms. The minimum atomic E-state index is -0.457. The summed E-state index contributed by atoms with van der Waals surface area (Å²) in [6.07, 6.45) is 0.984. The molecule has 3 aromatic rings. The van der Waals surface area contributed by atoms with Gasteiger partial charge >= 0.3 is 5.97 Å². The first-order valence-electron chi connectivity index (χ1n) is 9.22. The number of carbonyl (C=O) groups is 2. The molecule has 1 amide bonds. The van der Waals surface area contributed by atoms with Crippen molar-refractivity contribution in [2.45, 2.75) is 26.7 Å². The minimum Gasteiger partial charge on any atom is -0.465 e. The van der Waals surface area contributed by atoms with Crippen LogP contribution >= 0.6 is 27.3 Å². The van der Waals surface area contributed by atoms with Gasteiger partial charge in [0, 0.05) is 21.3 Å². The molecular weight excluding hydrogens is 450 g/mol. The van der Waals surface area contributed by atoms with Crippen LogP contribution in [0.15, 0.2) is 53.0 Å². The largest absolute Gasteiger partial charge is 0.465 e. The van der Waals surface area contributed by atoms with Gasteiger partial charge in [0.05, 0.1) is 7.11 Å². The predicted molar refractivity (Wildman–Crippen MR) is 122 cm³/mol. The van der Waals surface area contributed by atoms with Gasteiger partial charge in [-0.05, 0) is 43.5 Å². The molecule has 2 aromatic carbocycles. The van der Waals surface area contributed by atoms with Crippen LogP contribution in [-0.4, -0.2) is 19.0 Å². The summed E-state index contributed by atoms with van der Waals surface area (Å²) in [4.78, 5) is 26.0. The molecule has 0 bridgehead atoms. The number of methoxy groups -OCH3 is 1. The van der Waals surface area contributed by atoms with Crippen molar-refractivity contribution < 1.29 is 14.3 Å². The summed E-state index contributed by atoms with van der Waals surface area (Å²) in [5.74, 6) is -0.583. The number of ether oxygens (including phenoxy) is 1. The summed E-state index contributed by atoms with van der Waals surface area (Å²) >= 11 is 4.82. The van der Waals surface area contributed by atoms with Gasteiger partial charge in [0.15, 0.2) is 0 Å². The SMILES string of the molecule is COC(=O)c1c(NC(=O)CCc2ccc(C)cc2)sc(C)c1-c1ccc(Br)cc1. The Morgan fingerprint density at radius 2 is 1.69 bits per heavy atom. The minimum absolute atomic E-state index is 0.126. The van der Waals surface area contributed by atoms with Gasteiger partial charge in [0.25, 0.3) is 0 Å². The zero-order valence-electron chi connectivity index (χ0n) is 16.5. The molecule has 0 aliphatic rings. The predicted octanol–water partition coefficient (Wildman–Crippen LogP) is 6.15. The van der Waals surface area contributed by atoms with E-state index in [9.17, 15) is 9.59 Å². The second kappa shape index (κ2) is 9.37. The molecule has 0 fully saturated rings. The van der Waals surface area contributed by atoms with Crippen molar-refractivity contribution >= 4 is 44.1 Å². The third-order valence-corrected chi connectivity index (χ3v) is 6.17. The highest BCUT2D eigenvalue weighted by Crippen LogP contribution is 2.40. The lowest BCUT2D eigenvalue weighted by Crippen LogP contribution is -2.14. The lowest BCUT2D eigenvalue weighted by atomic mass is 10.0. The van der Waals surface area contributed by atoms with Crippen molar-refractivity contribution in [1.82, 2.24) is 0 Å². The zero-order chi connectivity index (χ0) is 21.0. The number of halogens is 1. The summed E-state index contributed by atoms with van der Waals surface area (Å²) in [5.41, 5.74) is 4.40. The molecular formula is C23H22BrNO3S. The van der Waals surface area contributed by atoms with E-state index in [1.165, 1.54) is 24.0 Å². The van der Waals surface area contributed by atoms with Crippen molar-refractivity contribution in [3.63, 3.8) is 0 Å². The quantitative estimate of drug-likeness (QED) is 0.438. The number of rotatable bonds is 6. The van der Waals surface area contributed by atoms with E-state index in [1.807, 2.05) is 62.4 Å². The Hall–Kier alpha value is -2.44. The molecule has 1 aromatic heterocycles. The number of aryl methyl sites for hydroxylation is 3. The van der Waals surface area contributed by atoms with Gasteiger partial charge < -0.3 is 10.1 Å². The second-order valence-electron chi connectivity index (χ2n) is 6.77. The van der Waals surface area contributed by atoms with Crippen LogP contribution in [-0.2, 0) is 16.0 Å². The number of thiophene rings is 1. The molecule has 1 N–H and O–H groups in total. The number of esters is 1. The van der Waals surface area contributed by atoms with Crippen LogP contribution in [0.1, 0.15) is 32.8 Å². The first-order valence-corrected chi connectivity index (χ1v) is 10.8. The molecule has 1 heterocycles. The summed E-state index contributed by atoms with van der Waals surface area (Å²) in [6.45, 7) is 3.98. The fourth-order valence-corrected chi connectivity index (χ4v) is 4.44. The van der Waals surface area contributed by atoms with Gasteiger partial charge in [-0.1, -0.05) is 57.9 Å². The highest BCUT2D eigenvalue weighted by Gasteiger charge is 2.25. The molecule has 4 nitrogen and oxygen atoms in total. The van der Waals surface area contributed by atoms with Crippen molar-refractivity contribution in [3.8, 4) is 11.1 Å². The van der Waals surface area contributed by atoms with Gasteiger partial charge in [-0.2, -0.15) is 0 Å². The molecule has 0 saturated heterocycles. The Morgan fingerprint density at radius 1 is 1.03 bits per heavy atom. The van der Waals surface area contributed by atoms with Crippen LogP contribution in [0.25, 0.3) is 11.1 Å². The Labute approximate surface area is 183 Å². The monoisotopic (exact) mass is 471 g/mol. The molecule has 29 heavy (non-hydrogen) atoms. The molecule has 0 saturated carbocycles. The van der Waals surface area contributed by atoms with E-state index < -0.39 is 5.97 Å². The lowest BCUT2D eigenvalue weighted by molar-refractivity contribution is -0.116. The number of amides is 1. The van der Waals surface area contributed by atoms with Crippen molar-refractivity contribution in [1.29, 1.82) is 0 Å². The highest BCUT2D eigenvalue weighted by atomic mass is 79.9. The van der Waals surface area contributed by atoms with E-state index in [0.29, 0.717) is 23.4 Å². The van der Waals surface area contributed by atoms with Crippen LogP contribution in [0.3, 0.4) is 0 Å². The van der Waals surface area contributed by atoms with E-state index >= 15 is 0 Å². The number of hydrogen-bond donors (Lipinski definition) is 1. The molecule has 3 rings (SSSR count). The van der Waals surface area contributed by atoms with Crippen molar-refractivity contribution in [2.75, 3.05) is 12.4 Å². The third kappa shape index (κ3) is 5.14. The van der Waals surface area contributed by atoms with E-state index in [0.717, 1.165) is 26.0 Å². The van der Waals surface area contributed by atoms with Crippen LogP contribution < -0.4 is 5.32 Å². The summed E-state index contributed by atoms with van der Waals surface area (Å²) in [6, 6.07) is 15.9. The number of nitrogens with one attached hydrogen (secondary N) is 1. The van der Waals surface area contributed by atoms with Crippen molar-refractivity contribution in [3.05, 3.63) is 74.6 Å². The molecule has 0 unspecified atom stereocenters. The molecule has 0 atom stereocenters. The highest BCUT2D eigenvalue weighted by molar-refractivity contribution is 9.10. The second-order valence-corrected chi connectivity index (χ2v) is 8.91. The van der Waals surface area contributed by atoms with Crippen LogP contribution in [0.2, 0.25) is 0 Å². The van der Waals surface area contributed by atoms with Crippen LogP contribution in [0.5, 0.6) is 0 Å². The molecule has 6 heteroatoms.